The number of rotatable bonds is 6. The van der Waals surface area contributed by atoms with Gasteiger partial charge in [0.25, 0.3) is 0 Å². The van der Waals surface area contributed by atoms with Gasteiger partial charge in [-0.15, -0.1) is 0 Å². The number of nitrogen functional groups attached to an aromatic ring is 1. The molecule has 28 heavy (non-hydrogen) atoms. The van der Waals surface area contributed by atoms with E-state index in [1.54, 1.807) is 18.6 Å². The Hall–Kier alpha value is -3.73. The van der Waals surface area contributed by atoms with E-state index in [1.807, 2.05) is 42.7 Å². The summed E-state index contributed by atoms with van der Waals surface area (Å²) in [6.07, 6.45) is 9.91. The Labute approximate surface area is 164 Å². The molecular formula is C23H21N5. The maximum atomic E-state index is 5.74. The van der Waals surface area contributed by atoms with E-state index in [9.17, 15) is 0 Å². The number of hydrogen-bond donors (Lipinski definition) is 2. The van der Waals surface area contributed by atoms with Crippen molar-refractivity contribution in [3.05, 3.63) is 108 Å². The summed E-state index contributed by atoms with van der Waals surface area (Å²) in [7, 11) is 0. The molecule has 0 saturated heterocycles. The molecule has 0 aliphatic rings. The summed E-state index contributed by atoms with van der Waals surface area (Å²) in [6.45, 7) is 0. The normalized spacial score (nSPS) is 10.8. The molecule has 0 aliphatic heterocycles. The van der Waals surface area contributed by atoms with Gasteiger partial charge in [-0.3, -0.25) is 9.97 Å². The van der Waals surface area contributed by atoms with Crippen LogP contribution in [-0.2, 0) is 6.42 Å². The van der Waals surface area contributed by atoms with Crippen LogP contribution in [0.5, 0.6) is 0 Å². The lowest BCUT2D eigenvalue weighted by atomic mass is 9.87. The highest BCUT2D eigenvalue weighted by Crippen LogP contribution is 2.31. The summed E-state index contributed by atoms with van der Waals surface area (Å²) in [5.74, 6) is 0.922. The molecule has 0 saturated carbocycles. The molecule has 0 aliphatic carbocycles. The number of anilines is 3. The fourth-order valence-electron chi connectivity index (χ4n) is 3.25. The summed E-state index contributed by atoms with van der Waals surface area (Å²) >= 11 is 0. The van der Waals surface area contributed by atoms with Crippen LogP contribution in [0.25, 0.3) is 0 Å². The predicted molar refractivity (Wildman–Crippen MR) is 112 cm³/mol. The molecule has 3 N–H and O–H groups in total. The smallest absolute Gasteiger partial charge is 0.130 e. The van der Waals surface area contributed by atoms with E-state index in [0.717, 1.165) is 29.1 Å². The Balaban J connectivity index is 1.67. The third-order valence-corrected chi connectivity index (χ3v) is 4.66. The van der Waals surface area contributed by atoms with Crippen LogP contribution in [0.2, 0.25) is 0 Å². The number of benzene rings is 1. The van der Waals surface area contributed by atoms with Gasteiger partial charge in [0.2, 0.25) is 0 Å². The number of para-hydroxylation sites is 1. The molecule has 4 aromatic rings. The minimum absolute atomic E-state index is 0.157. The van der Waals surface area contributed by atoms with Crippen LogP contribution in [0.3, 0.4) is 0 Å². The summed E-state index contributed by atoms with van der Waals surface area (Å²) in [6, 6.07) is 20.2. The number of hydrogen-bond acceptors (Lipinski definition) is 5. The molecule has 5 heteroatoms. The predicted octanol–water partition coefficient (Wildman–Crippen LogP) is 4.57. The molecule has 0 bridgehead atoms. The highest BCUT2D eigenvalue weighted by atomic mass is 15.0. The molecule has 0 amide bonds. The molecule has 3 aromatic heterocycles. The summed E-state index contributed by atoms with van der Waals surface area (Å²) in [4.78, 5) is 13.0. The van der Waals surface area contributed by atoms with Crippen molar-refractivity contribution in [3.8, 4) is 0 Å². The lowest BCUT2D eigenvalue weighted by Crippen LogP contribution is -2.08. The second kappa shape index (κ2) is 8.31. The Morgan fingerprint density at radius 2 is 1.50 bits per heavy atom. The molecule has 0 atom stereocenters. The average Bonchev–Trinajstić information content (AvgIpc) is 2.76. The minimum atomic E-state index is 0.157. The van der Waals surface area contributed by atoms with Gasteiger partial charge in [-0.1, -0.05) is 30.3 Å². The van der Waals surface area contributed by atoms with E-state index in [0.29, 0.717) is 5.69 Å². The molecule has 0 spiro atoms. The van der Waals surface area contributed by atoms with Crippen LogP contribution in [0.1, 0.15) is 22.6 Å². The zero-order valence-electron chi connectivity index (χ0n) is 15.4. The first-order chi connectivity index (χ1) is 13.8. The number of pyridine rings is 3. The number of nitrogens with two attached hydrogens (primary N) is 1. The van der Waals surface area contributed by atoms with Crippen LogP contribution < -0.4 is 11.1 Å². The maximum absolute atomic E-state index is 5.74. The Bertz CT molecular complexity index is 978. The van der Waals surface area contributed by atoms with Crippen molar-refractivity contribution >= 4 is 17.2 Å². The van der Waals surface area contributed by atoms with E-state index >= 15 is 0 Å². The number of nitrogens with zero attached hydrogens (tertiary/aromatic N) is 3. The molecule has 0 radical (unpaired) electrons. The van der Waals surface area contributed by atoms with E-state index in [2.05, 4.69) is 50.6 Å². The fourth-order valence-corrected chi connectivity index (χ4v) is 3.25. The first-order valence-electron chi connectivity index (χ1n) is 9.16. The van der Waals surface area contributed by atoms with Gasteiger partial charge >= 0.3 is 0 Å². The van der Waals surface area contributed by atoms with E-state index in [4.69, 9.17) is 5.73 Å². The topological polar surface area (TPSA) is 76.7 Å². The van der Waals surface area contributed by atoms with Crippen molar-refractivity contribution in [2.45, 2.75) is 12.3 Å². The molecular weight excluding hydrogens is 346 g/mol. The van der Waals surface area contributed by atoms with Crippen molar-refractivity contribution in [2.75, 3.05) is 11.1 Å². The van der Waals surface area contributed by atoms with Gasteiger partial charge in [0, 0.05) is 36.4 Å². The van der Waals surface area contributed by atoms with Crippen molar-refractivity contribution < 1.29 is 0 Å². The van der Waals surface area contributed by atoms with Crippen LogP contribution in [0, 0.1) is 0 Å². The average molecular weight is 367 g/mol. The molecule has 138 valence electrons. The molecule has 3 heterocycles. The lowest BCUT2D eigenvalue weighted by molar-refractivity contribution is 0.795. The molecule has 5 nitrogen and oxygen atoms in total. The van der Waals surface area contributed by atoms with Crippen molar-refractivity contribution in [1.82, 2.24) is 15.0 Å². The van der Waals surface area contributed by atoms with Gasteiger partial charge in [0.1, 0.15) is 5.82 Å². The zero-order chi connectivity index (χ0) is 19.2. The first kappa shape index (κ1) is 17.7. The van der Waals surface area contributed by atoms with E-state index < -0.39 is 0 Å². The first-order valence-corrected chi connectivity index (χ1v) is 9.16. The third-order valence-electron chi connectivity index (χ3n) is 4.66. The Morgan fingerprint density at radius 3 is 2.11 bits per heavy atom. The van der Waals surface area contributed by atoms with Gasteiger partial charge in [0.05, 0.1) is 11.9 Å². The van der Waals surface area contributed by atoms with E-state index in [-0.39, 0.29) is 5.92 Å². The number of aromatic nitrogens is 3. The molecule has 0 fully saturated rings. The lowest BCUT2D eigenvalue weighted by Gasteiger charge is -2.20. The second-order valence-corrected chi connectivity index (χ2v) is 6.59. The third kappa shape index (κ3) is 4.15. The Kier molecular flexibility index (Phi) is 5.24. The largest absolute Gasteiger partial charge is 0.397 e. The zero-order valence-corrected chi connectivity index (χ0v) is 15.4. The number of nitrogens with one attached hydrogen (secondary N) is 1. The van der Waals surface area contributed by atoms with Crippen molar-refractivity contribution in [1.29, 1.82) is 0 Å². The molecule has 0 unspecified atom stereocenters. The SMILES string of the molecule is Nc1ccc(Nc2ccccc2CC(c2cccnc2)c2cccnc2)nc1. The Morgan fingerprint density at radius 1 is 0.786 bits per heavy atom. The molecule has 4 rings (SSSR count). The quantitative estimate of drug-likeness (QED) is 0.522. The van der Waals surface area contributed by atoms with Gasteiger partial charge in [-0.05, 0) is 53.4 Å². The van der Waals surface area contributed by atoms with Gasteiger partial charge in [0.15, 0.2) is 0 Å². The van der Waals surface area contributed by atoms with Crippen molar-refractivity contribution in [2.24, 2.45) is 0 Å². The van der Waals surface area contributed by atoms with Crippen LogP contribution in [0.4, 0.5) is 17.2 Å². The van der Waals surface area contributed by atoms with Crippen LogP contribution >= 0.6 is 0 Å². The summed E-state index contributed by atoms with van der Waals surface area (Å²) < 4.78 is 0. The summed E-state index contributed by atoms with van der Waals surface area (Å²) in [5, 5.41) is 3.41. The standard InChI is InChI=1S/C23H21N5/c24-20-9-10-23(27-16-20)28-22-8-2-1-5-17(22)13-21(18-6-3-11-25-14-18)19-7-4-12-26-15-19/h1-12,14-16,21H,13,24H2,(H,27,28). The monoisotopic (exact) mass is 367 g/mol. The van der Waals surface area contributed by atoms with Gasteiger partial charge in [-0.2, -0.15) is 0 Å². The van der Waals surface area contributed by atoms with Crippen LogP contribution in [0.15, 0.2) is 91.6 Å². The van der Waals surface area contributed by atoms with Crippen molar-refractivity contribution in [3.63, 3.8) is 0 Å². The second-order valence-electron chi connectivity index (χ2n) is 6.59. The molecule has 1 aromatic carbocycles. The highest BCUT2D eigenvalue weighted by molar-refractivity contribution is 5.62. The fraction of sp³-hybridized carbons (Fsp3) is 0.0870. The van der Waals surface area contributed by atoms with Gasteiger partial charge < -0.3 is 11.1 Å². The highest BCUT2D eigenvalue weighted by Gasteiger charge is 2.17. The summed E-state index contributed by atoms with van der Waals surface area (Å²) in [5.41, 5.74) is 10.9. The van der Waals surface area contributed by atoms with E-state index in [1.165, 1.54) is 5.56 Å². The van der Waals surface area contributed by atoms with Gasteiger partial charge in [-0.25, -0.2) is 4.98 Å². The van der Waals surface area contributed by atoms with Crippen LogP contribution in [-0.4, -0.2) is 15.0 Å². The minimum Gasteiger partial charge on any atom is -0.397 e. The maximum Gasteiger partial charge on any atom is 0.130 e.